The second-order valence-corrected chi connectivity index (χ2v) is 7.46. The first-order valence-electron chi connectivity index (χ1n) is 11.2. The minimum atomic E-state index is -0.830. The zero-order valence-electron chi connectivity index (χ0n) is 17.5. The smallest absolute Gasteiger partial charge is 0.286 e. The molecule has 0 spiro atoms. The van der Waals surface area contributed by atoms with Gasteiger partial charge >= 0.3 is 0 Å². The van der Waals surface area contributed by atoms with E-state index in [2.05, 4.69) is 27.7 Å². The monoisotopic (exact) mass is 356 g/mol. The van der Waals surface area contributed by atoms with Crippen LogP contribution in [0.2, 0.25) is 0 Å². The van der Waals surface area contributed by atoms with Crippen LogP contribution in [0.15, 0.2) is 0 Å². The van der Waals surface area contributed by atoms with Crippen LogP contribution in [0.5, 0.6) is 0 Å². The van der Waals surface area contributed by atoms with Crippen LogP contribution in [0.1, 0.15) is 105 Å². The molecule has 1 saturated carbocycles. The first kappa shape index (κ1) is 22.9. The van der Waals surface area contributed by atoms with Crippen molar-refractivity contribution in [2.24, 2.45) is 11.8 Å². The zero-order valence-corrected chi connectivity index (χ0v) is 17.5. The molecule has 1 aliphatic rings. The Kier molecular flexibility index (Phi) is 12.8. The van der Waals surface area contributed by atoms with Crippen molar-refractivity contribution in [2.75, 3.05) is 19.8 Å². The van der Waals surface area contributed by atoms with Crippen LogP contribution in [-0.2, 0) is 14.2 Å². The molecule has 0 heterocycles. The molecule has 0 N–H and O–H groups in total. The highest BCUT2D eigenvalue weighted by Gasteiger charge is 2.45. The summed E-state index contributed by atoms with van der Waals surface area (Å²) < 4.78 is 18.5. The van der Waals surface area contributed by atoms with Crippen LogP contribution in [0.25, 0.3) is 0 Å². The lowest BCUT2D eigenvalue weighted by atomic mass is 9.76. The highest BCUT2D eigenvalue weighted by molar-refractivity contribution is 4.82. The fourth-order valence-corrected chi connectivity index (χ4v) is 4.43. The highest BCUT2D eigenvalue weighted by Crippen LogP contribution is 2.42. The Hall–Kier alpha value is -0.120. The van der Waals surface area contributed by atoms with Crippen LogP contribution >= 0.6 is 0 Å². The van der Waals surface area contributed by atoms with E-state index in [0.717, 1.165) is 6.42 Å². The van der Waals surface area contributed by atoms with Gasteiger partial charge in [0.2, 0.25) is 0 Å². The maximum atomic E-state index is 6.18. The number of hydrogen-bond donors (Lipinski definition) is 0. The van der Waals surface area contributed by atoms with Crippen molar-refractivity contribution in [1.29, 1.82) is 0 Å². The van der Waals surface area contributed by atoms with Gasteiger partial charge < -0.3 is 14.2 Å². The van der Waals surface area contributed by atoms with Crippen molar-refractivity contribution in [3.8, 4) is 0 Å². The predicted octanol–water partition coefficient (Wildman–Crippen LogP) is 6.70. The van der Waals surface area contributed by atoms with Crippen LogP contribution in [0.4, 0.5) is 0 Å². The van der Waals surface area contributed by atoms with E-state index in [9.17, 15) is 0 Å². The molecular weight excluding hydrogens is 312 g/mol. The molecule has 1 aliphatic carbocycles. The maximum absolute atomic E-state index is 6.18. The number of ether oxygens (including phenoxy) is 3. The van der Waals surface area contributed by atoms with Crippen molar-refractivity contribution in [3.05, 3.63) is 0 Å². The highest BCUT2D eigenvalue weighted by atomic mass is 16.9. The molecule has 0 aromatic rings. The lowest BCUT2D eigenvalue weighted by molar-refractivity contribution is -0.409. The van der Waals surface area contributed by atoms with Crippen molar-refractivity contribution < 1.29 is 14.2 Å². The van der Waals surface area contributed by atoms with Gasteiger partial charge in [0, 0.05) is 25.7 Å². The second kappa shape index (κ2) is 14.0. The molecule has 1 unspecified atom stereocenters. The van der Waals surface area contributed by atoms with Gasteiger partial charge in [-0.25, -0.2) is 0 Å². The molecule has 1 rings (SSSR count). The van der Waals surface area contributed by atoms with Gasteiger partial charge in [-0.1, -0.05) is 64.7 Å². The zero-order chi connectivity index (χ0) is 18.4. The van der Waals surface area contributed by atoms with Gasteiger partial charge in [0.05, 0.1) is 0 Å². The summed E-state index contributed by atoms with van der Waals surface area (Å²) in [4.78, 5) is 0. The van der Waals surface area contributed by atoms with E-state index in [4.69, 9.17) is 14.2 Å². The van der Waals surface area contributed by atoms with E-state index in [1.54, 1.807) is 0 Å². The van der Waals surface area contributed by atoms with Gasteiger partial charge in [-0.2, -0.15) is 0 Å². The van der Waals surface area contributed by atoms with Crippen LogP contribution in [0.3, 0.4) is 0 Å². The van der Waals surface area contributed by atoms with Crippen molar-refractivity contribution in [3.63, 3.8) is 0 Å². The molecule has 0 aromatic carbocycles. The summed E-state index contributed by atoms with van der Waals surface area (Å²) in [6.07, 6.45) is 15.8. The van der Waals surface area contributed by atoms with Crippen LogP contribution in [-0.4, -0.2) is 25.8 Å². The van der Waals surface area contributed by atoms with Crippen molar-refractivity contribution >= 4 is 0 Å². The molecule has 0 amide bonds. The largest absolute Gasteiger partial charge is 0.328 e. The standard InChI is InChI=1S/C22H44O3/c1-5-9-10-11-12-16-19-21(20-17-14-13-15-18-20)22(23-6-2,24-7-3)25-8-4/h20-21H,5-19H2,1-4H3. The van der Waals surface area contributed by atoms with Crippen LogP contribution in [0, 0.1) is 11.8 Å². The Labute approximate surface area is 157 Å². The molecule has 25 heavy (non-hydrogen) atoms. The normalized spacial score (nSPS) is 17.8. The quantitative estimate of drug-likeness (QED) is 0.241. The fourth-order valence-electron chi connectivity index (χ4n) is 4.43. The Balaban J connectivity index is 2.77. The van der Waals surface area contributed by atoms with E-state index < -0.39 is 5.97 Å². The Morgan fingerprint density at radius 1 is 0.720 bits per heavy atom. The van der Waals surface area contributed by atoms with E-state index >= 15 is 0 Å². The molecule has 1 atom stereocenters. The number of hydrogen-bond acceptors (Lipinski definition) is 3. The average Bonchev–Trinajstić information content (AvgIpc) is 2.62. The topological polar surface area (TPSA) is 27.7 Å². The lowest BCUT2D eigenvalue weighted by Crippen LogP contribution is -2.50. The van der Waals surface area contributed by atoms with E-state index in [-0.39, 0.29) is 0 Å². The maximum Gasteiger partial charge on any atom is 0.286 e. The summed E-state index contributed by atoms with van der Waals surface area (Å²) in [6, 6.07) is 0. The third-order valence-electron chi connectivity index (χ3n) is 5.58. The average molecular weight is 357 g/mol. The summed E-state index contributed by atoms with van der Waals surface area (Å²) in [5.41, 5.74) is 0. The third-order valence-corrected chi connectivity index (χ3v) is 5.58. The SMILES string of the molecule is CCCCCCCCC(C1CCCCC1)C(OCC)(OCC)OCC. The number of rotatable bonds is 15. The predicted molar refractivity (Wildman–Crippen MR) is 106 cm³/mol. The summed E-state index contributed by atoms with van der Waals surface area (Å²) in [5.74, 6) is 0.205. The van der Waals surface area contributed by atoms with Gasteiger partial charge in [-0.3, -0.25) is 0 Å². The van der Waals surface area contributed by atoms with Gasteiger partial charge in [0.1, 0.15) is 0 Å². The van der Waals surface area contributed by atoms with E-state index in [1.165, 1.54) is 70.6 Å². The molecule has 3 heteroatoms. The lowest BCUT2D eigenvalue weighted by Gasteiger charge is -2.43. The van der Waals surface area contributed by atoms with E-state index in [1.807, 2.05) is 0 Å². The molecule has 0 aromatic heterocycles. The van der Waals surface area contributed by atoms with Crippen molar-refractivity contribution in [2.45, 2.75) is 111 Å². The summed E-state index contributed by atoms with van der Waals surface area (Å²) >= 11 is 0. The Morgan fingerprint density at radius 2 is 1.24 bits per heavy atom. The first-order chi connectivity index (χ1) is 12.2. The Bertz CT molecular complexity index is 283. The summed E-state index contributed by atoms with van der Waals surface area (Å²) in [7, 11) is 0. The van der Waals surface area contributed by atoms with E-state index in [0.29, 0.717) is 31.7 Å². The first-order valence-corrected chi connectivity index (χ1v) is 11.2. The fraction of sp³-hybridized carbons (Fsp3) is 1.00. The third kappa shape index (κ3) is 7.97. The van der Waals surface area contributed by atoms with Gasteiger partial charge in [-0.05, 0) is 46.0 Å². The molecule has 150 valence electrons. The van der Waals surface area contributed by atoms with Gasteiger partial charge in [-0.15, -0.1) is 0 Å². The summed E-state index contributed by atoms with van der Waals surface area (Å²) in [5, 5.41) is 0. The van der Waals surface area contributed by atoms with Gasteiger partial charge in [0.25, 0.3) is 5.97 Å². The number of unbranched alkanes of at least 4 members (excludes halogenated alkanes) is 5. The molecule has 0 bridgehead atoms. The summed E-state index contributed by atoms with van der Waals surface area (Å²) in [6.45, 7) is 10.3. The van der Waals surface area contributed by atoms with Crippen LogP contribution < -0.4 is 0 Å². The minimum absolute atomic E-state index is 0.360. The molecule has 1 fully saturated rings. The van der Waals surface area contributed by atoms with Gasteiger partial charge in [0.15, 0.2) is 0 Å². The Morgan fingerprint density at radius 3 is 1.76 bits per heavy atom. The van der Waals surface area contributed by atoms with Crippen molar-refractivity contribution in [1.82, 2.24) is 0 Å². The molecule has 3 nitrogen and oxygen atoms in total. The molecular formula is C22H44O3. The minimum Gasteiger partial charge on any atom is -0.328 e. The molecule has 0 radical (unpaired) electrons. The molecule has 0 aliphatic heterocycles. The molecule has 0 saturated heterocycles. The second-order valence-electron chi connectivity index (χ2n) is 7.46.